The average molecular weight is 295 g/mol. The van der Waals surface area contributed by atoms with Crippen molar-refractivity contribution in [1.82, 2.24) is 5.32 Å². The summed E-state index contributed by atoms with van der Waals surface area (Å²) in [5.74, 6) is -0.967. The molecule has 0 fully saturated rings. The summed E-state index contributed by atoms with van der Waals surface area (Å²) < 4.78 is 10.1. The molecule has 0 spiro atoms. The third kappa shape index (κ3) is 5.81. The highest BCUT2D eigenvalue weighted by Crippen LogP contribution is 2.19. The number of imide groups is 1. The third-order valence-corrected chi connectivity index (χ3v) is 2.41. The first-order valence-corrected chi connectivity index (χ1v) is 6.17. The van der Waals surface area contributed by atoms with Crippen molar-refractivity contribution in [2.24, 2.45) is 5.73 Å². The summed E-state index contributed by atoms with van der Waals surface area (Å²) in [4.78, 5) is 33.3. The summed E-state index contributed by atoms with van der Waals surface area (Å²) in [7, 11) is 0. The second kappa shape index (κ2) is 7.73. The number of esters is 1. The molecule has 8 nitrogen and oxygen atoms in total. The molecule has 0 heterocycles. The molecule has 1 rings (SSSR count). The van der Waals surface area contributed by atoms with Gasteiger partial charge in [0, 0.05) is 0 Å². The zero-order valence-corrected chi connectivity index (χ0v) is 11.5. The molecule has 1 unspecified atom stereocenters. The van der Waals surface area contributed by atoms with Crippen LogP contribution in [-0.2, 0) is 14.3 Å². The highest BCUT2D eigenvalue weighted by molar-refractivity contribution is 5.96. The molecular weight excluding hydrogens is 278 g/mol. The molecule has 1 atom stereocenters. The minimum atomic E-state index is -1.12. The first-order valence-electron chi connectivity index (χ1n) is 6.17. The Kier molecular flexibility index (Phi) is 5.99. The zero-order chi connectivity index (χ0) is 15.8. The number of primary amides is 1. The zero-order valence-electron chi connectivity index (χ0n) is 11.5. The Balaban J connectivity index is 2.33. The van der Waals surface area contributed by atoms with Crippen LogP contribution in [0.1, 0.15) is 13.3 Å². The van der Waals surface area contributed by atoms with Crippen molar-refractivity contribution in [3.63, 3.8) is 0 Å². The van der Waals surface area contributed by atoms with Gasteiger partial charge in [-0.2, -0.15) is 0 Å². The average Bonchev–Trinajstić information content (AvgIpc) is 2.40. The van der Waals surface area contributed by atoms with Gasteiger partial charge in [-0.05, 0) is 19.1 Å². The van der Waals surface area contributed by atoms with Crippen molar-refractivity contribution in [1.29, 1.82) is 0 Å². The minimum Gasteiger partial charge on any atom is -0.491 e. The maximum absolute atomic E-state index is 11.5. The quantitative estimate of drug-likeness (QED) is 0.505. The van der Waals surface area contributed by atoms with Crippen LogP contribution in [0.15, 0.2) is 24.3 Å². The van der Waals surface area contributed by atoms with Crippen molar-refractivity contribution in [3.8, 4) is 5.75 Å². The highest BCUT2D eigenvalue weighted by Gasteiger charge is 2.18. The number of carbonyl (C=O) groups is 3. The maximum atomic E-state index is 11.5. The molecule has 5 N–H and O–H groups in total. The third-order valence-electron chi connectivity index (χ3n) is 2.41. The Morgan fingerprint density at radius 3 is 2.57 bits per heavy atom. The lowest BCUT2D eigenvalue weighted by Crippen LogP contribution is -2.42. The first-order chi connectivity index (χ1) is 9.90. The smallest absolute Gasteiger partial charge is 0.318 e. The Bertz CT molecular complexity index is 532. The van der Waals surface area contributed by atoms with Crippen LogP contribution in [0.2, 0.25) is 0 Å². The molecule has 0 aliphatic carbocycles. The van der Waals surface area contributed by atoms with Gasteiger partial charge in [-0.15, -0.1) is 0 Å². The molecule has 0 aliphatic rings. The number of hydrogen-bond acceptors (Lipinski definition) is 6. The van der Waals surface area contributed by atoms with Crippen molar-refractivity contribution < 1.29 is 23.9 Å². The van der Waals surface area contributed by atoms with Crippen LogP contribution in [0.25, 0.3) is 0 Å². The van der Waals surface area contributed by atoms with Crippen LogP contribution in [-0.4, -0.2) is 30.6 Å². The summed E-state index contributed by atoms with van der Waals surface area (Å²) in [5.41, 5.74) is 10.9. The Morgan fingerprint density at radius 2 is 1.95 bits per heavy atom. The number of para-hydroxylation sites is 2. The van der Waals surface area contributed by atoms with Crippen LogP contribution >= 0.6 is 0 Å². The summed E-state index contributed by atoms with van der Waals surface area (Å²) in [6, 6.07) is 5.84. The van der Waals surface area contributed by atoms with Crippen molar-refractivity contribution in [2.45, 2.75) is 19.4 Å². The number of nitrogens with two attached hydrogens (primary N) is 2. The standard InChI is InChI=1S/C13H17N3O5/c1-8(12(18)16-13(15)19)21-11(17)6-7-20-10-5-3-2-4-9(10)14/h2-5,8H,6-7,14H2,1H3,(H3,15,16,18,19). The van der Waals surface area contributed by atoms with Crippen molar-refractivity contribution >= 4 is 23.6 Å². The second-order valence-corrected chi connectivity index (χ2v) is 4.12. The molecule has 114 valence electrons. The van der Waals surface area contributed by atoms with Crippen LogP contribution in [0.5, 0.6) is 5.75 Å². The molecule has 0 aromatic heterocycles. The number of rotatable bonds is 6. The van der Waals surface area contributed by atoms with E-state index in [-0.39, 0.29) is 13.0 Å². The van der Waals surface area contributed by atoms with Gasteiger partial charge in [-0.25, -0.2) is 4.79 Å². The molecule has 0 radical (unpaired) electrons. The number of hydrogen-bond donors (Lipinski definition) is 3. The molecule has 0 saturated heterocycles. The predicted octanol–water partition coefficient (Wildman–Crippen LogP) is 0.164. The van der Waals surface area contributed by atoms with E-state index in [0.717, 1.165) is 0 Å². The van der Waals surface area contributed by atoms with Crippen LogP contribution in [0, 0.1) is 0 Å². The second-order valence-electron chi connectivity index (χ2n) is 4.12. The molecule has 0 bridgehead atoms. The first kappa shape index (κ1) is 16.3. The fraction of sp³-hybridized carbons (Fsp3) is 0.308. The van der Waals surface area contributed by atoms with Crippen LogP contribution in [0.4, 0.5) is 10.5 Å². The van der Waals surface area contributed by atoms with E-state index in [2.05, 4.69) is 0 Å². The van der Waals surface area contributed by atoms with Gasteiger partial charge >= 0.3 is 12.0 Å². The van der Waals surface area contributed by atoms with Gasteiger partial charge in [-0.3, -0.25) is 14.9 Å². The van der Waals surface area contributed by atoms with Crippen molar-refractivity contribution in [2.75, 3.05) is 12.3 Å². The minimum absolute atomic E-state index is 0.0528. The molecule has 0 saturated carbocycles. The van der Waals surface area contributed by atoms with E-state index in [9.17, 15) is 14.4 Å². The number of benzene rings is 1. The fourth-order valence-electron chi connectivity index (χ4n) is 1.39. The number of amides is 3. The van der Waals surface area contributed by atoms with E-state index in [1.807, 2.05) is 5.32 Å². The number of urea groups is 1. The normalized spacial score (nSPS) is 11.3. The van der Waals surface area contributed by atoms with E-state index in [0.29, 0.717) is 11.4 Å². The van der Waals surface area contributed by atoms with Gasteiger partial charge in [0.25, 0.3) is 5.91 Å². The van der Waals surface area contributed by atoms with E-state index in [1.54, 1.807) is 24.3 Å². The molecule has 3 amide bonds. The van der Waals surface area contributed by atoms with Gasteiger partial charge in [0.05, 0.1) is 18.7 Å². The lowest BCUT2D eigenvalue weighted by atomic mass is 10.3. The van der Waals surface area contributed by atoms with Crippen LogP contribution in [0.3, 0.4) is 0 Å². The van der Waals surface area contributed by atoms with Gasteiger partial charge in [0.2, 0.25) is 0 Å². The van der Waals surface area contributed by atoms with E-state index >= 15 is 0 Å². The summed E-state index contributed by atoms with van der Waals surface area (Å²) in [6.07, 6.45) is -1.19. The summed E-state index contributed by atoms with van der Waals surface area (Å²) in [5, 5.41) is 1.81. The number of anilines is 1. The SMILES string of the molecule is CC(OC(=O)CCOc1ccccc1N)C(=O)NC(N)=O. The van der Waals surface area contributed by atoms with Gasteiger partial charge < -0.3 is 20.9 Å². The molecule has 21 heavy (non-hydrogen) atoms. The molecule has 0 aliphatic heterocycles. The lowest BCUT2D eigenvalue weighted by Gasteiger charge is -2.12. The Hall–Kier alpha value is -2.77. The topological polar surface area (TPSA) is 134 Å². The fourth-order valence-corrected chi connectivity index (χ4v) is 1.39. The summed E-state index contributed by atoms with van der Waals surface area (Å²) in [6.45, 7) is 1.38. The lowest BCUT2D eigenvalue weighted by molar-refractivity contribution is -0.154. The number of carbonyl (C=O) groups excluding carboxylic acids is 3. The van der Waals surface area contributed by atoms with Gasteiger partial charge in [0.1, 0.15) is 5.75 Å². The molecule has 8 heteroatoms. The Morgan fingerprint density at radius 1 is 1.29 bits per heavy atom. The highest BCUT2D eigenvalue weighted by atomic mass is 16.5. The van der Waals surface area contributed by atoms with E-state index in [1.165, 1.54) is 6.92 Å². The number of ether oxygens (including phenoxy) is 2. The van der Waals surface area contributed by atoms with E-state index < -0.39 is 24.0 Å². The Labute approximate surface area is 121 Å². The monoisotopic (exact) mass is 295 g/mol. The van der Waals surface area contributed by atoms with E-state index in [4.69, 9.17) is 20.9 Å². The molecule has 1 aromatic carbocycles. The molecule has 1 aromatic rings. The number of nitrogen functional groups attached to an aromatic ring is 1. The summed E-state index contributed by atoms with van der Waals surface area (Å²) >= 11 is 0. The van der Waals surface area contributed by atoms with Crippen LogP contribution < -0.4 is 21.5 Å². The van der Waals surface area contributed by atoms with Gasteiger partial charge in [-0.1, -0.05) is 12.1 Å². The predicted molar refractivity (Wildman–Crippen MR) is 74.2 cm³/mol. The van der Waals surface area contributed by atoms with Crippen molar-refractivity contribution in [3.05, 3.63) is 24.3 Å². The largest absolute Gasteiger partial charge is 0.491 e. The maximum Gasteiger partial charge on any atom is 0.318 e. The number of nitrogens with one attached hydrogen (secondary N) is 1. The van der Waals surface area contributed by atoms with Gasteiger partial charge in [0.15, 0.2) is 6.10 Å². The molecular formula is C13H17N3O5.